The monoisotopic (exact) mass is 443 g/mol. The van der Waals surface area contributed by atoms with E-state index in [9.17, 15) is 9.18 Å². The van der Waals surface area contributed by atoms with Gasteiger partial charge in [0.25, 0.3) is 0 Å². The van der Waals surface area contributed by atoms with Gasteiger partial charge in [-0.3, -0.25) is 4.79 Å². The lowest BCUT2D eigenvalue weighted by Crippen LogP contribution is -2.25. The molecular weight excluding hydrogens is 417 g/mol. The number of benzene rings is 3. The Morgan fingerprint density at radius 3 is 2.70 bits per heavy atom. The zero-order chi connectivity index (χ0) is 22.9. The molecule has 1 amide bonds. The van der Waals surface area contributed by atoms with Crippen LogP contribution in [-0.4, -0.2) is 28.6 Å². The third-order valence-electron chi connectivity index (χ3n) is 6.23. The lowest BCUT2D eigenvalue weighted by molar-refractivity contribution is -0.117. The van der Waals surface area contributed by atoms with E-state index in [1.165, 1.54) is 11.0 Å². The number of fused-ring (bicyclic) bond motifs is 1. The molecule has 2 heterocycles. The SMILES string of the molecule is Cc1ccc(C)c(OCCn2c([C@H]3CC(=O)N(c4ccccc4F)C3)nc3ccccc32)c1. The molecule has 168 valence electrons. The zero-order valence-corrected chi connectivity index (χ0v) is 18.8. The van der Waals surface area contributed by atoms with Gasteiger partial charge < -0.3 is 14.2 Å². The zero-order valence-electron chi connectivity index (χ0n) is 18.8. The first-order valence-electron chi connectivity index (χ1n) is 11.2. The van der Waals surface area contributed by atoms with Crippen molar-refractivity contribution in [1.29, 1.82) is 0 Å². The Bertz CT molecular complexity index is 1330. The lowest BCUT2D eigenvalue weighted by Gasteiger charge is -2.18. The van der Waals surface area contributed by atoms with Gasteiger partial charge in [0.05, 0.1) is 23.3 Å². The molecule has 0 aliphatic carbocycles. The number of rotatable bonds is 6. The van der Waals surface area contributed by atoms with E-state index >= 15 is 0 Å². The van der Waals surface area contributed by atoms with Gasteiger partial charge in [-0.25, -0.2) is 9.37 Å². The first-order valence-corrected chi connectivity index (χ1v) is 11.2. The maximum absolute atomic E-state index is 14.3. The summed E-state index contributed by atoms with van der Waals surface area (Å²) in [6.07, 6.45) is 0.301. The van der Waals surface area contributed by atoms with Crippen LogP contribution in [-0.2, 0) is 11.3 Å². The van der Waals surface area contributed by atoms with E-state index in [1.807, 2.05) is 44.2 Å². The summed E-state index contributed by atoms with van der Waals surface area (Å²) in [4.78, 5) is 19.2. The normalized spacial score (nSPS) is 16.0. The average Bonchev–Trinajstić information content (AvgIpc) is 3.37. The Morgan fingerprint density at radius 1 is 1.06 bits per heavy atom. The minimum atomic E-state index is -0.387. The molecule has 0 saturated carbocycles. The summed E-state index contributed by atoms with van der Waals surface area (Å²) < 4.78 is 22.6. The van der Waals surface area contributed by atoms with Crippen LogP contribution in [0, 0.1) is 19.7 Å². The third kappa shape index (κ3) is 4.09. The van der Waals surface area contributed by atoms with Crippen LogP contribution in [0.15, 0.2) is 66.7 Å². The second kappa shape index (κ2) is 8.70. The number of anilines is 1. The molecule has 3 aromatic carbocycles. The van der Waals surface area contributed by atoms with Crippen molar-refractivity contribution >= 4 is 22.6 Å². The van der Waals surface area contributed by atoms with E-state index in [4.69, 9.17) is 9.72 Å². The van der Waals surface area contributed by atoms with Crippen LogP contribution in [0.5, 0.6) is 5.75 Å². The van der Waals surface area contributed by atoms with Gasteiger partial charge >= 0.3 is 0 Å². The summed E-state index contributed by atoms with van der Waals surface area (Å²) in [5.74, 6) is 1.12. The second-order valence-electron chi connectivity index (χ2n) is 8.58. The molecule has 1 aromatic heterocycles. The molecule has 0 spiro atoms. The number of hydrogen-bond acceptors (Lipinski definition) is 3. The van der Waals surface area contributed by atoms with E-state index in [2.05, 4.69) is 16.7 Å². The van der Waals surface area contributed by atoms with Gasteiger partial charge in [0, 0.05) is 18.9 Å². The number of carbonyl (C=O) groups excluding carboxylic acids is 1. The van der Waals surface area contributed by atoms with Crippen molar-refractivity contribution in [3.05, 3.63) is 89.5 Å². The van der Waals surface area contributed by atoms with Crippen LogP contribution >= 0.6 is 0 Å². The fourth-order valence-corrected chi connectivity index (χ4v) is 4.53. The molecule has 5 rings (SSSR count). The van der Waals surface area contributed by atoms with Crippen molar-refractivity contribution in [3.63, 3.8) is 0 Å². The van der Waals surface area contributed by atoms with Crippen LogP contribution in [0.25, 0.3) is 11.0 Å². The van der Waals surface area contributed by atoms with Gasteiger partial charge in [-0.15, -0.1) is 0 Å². The number of nitrogens with zero attached hydrogens (tertiary/aromatic N) is 3. The Hall–Kier alpha value is -3.67. The number of amides is 1. The summed E-state index contributed by atoms with van der Waals surface area (Å²) in [7, 11) is 0. The molecule has 5 nitrogen and oxygen atoms in total. The summed E-state index contributed by atoms with van der Waals surface area (Å²) in [6.45, 7) is 5.57. The molecule has 0 radical (unpaired) electrons. The number of ether oxygens (including phenoxy) is 1. The molecule has 1 saturated heterocycles. The van der Waals surface area contributed by atoms with Crippen LogP contribution in [0.2, 0.25) is 0 Å². The smallest absolute Gasteiger partial charge is 0.227 e. The second-order valence-corrected chi connectivity index (χ2v) is 8.58. The molecule has 4 aromatic rings. The number of imidazole rings is 1. The quantitative estimate of drug-likeness (QED) is 0.401. The maximum Gasteiger partial charge on any atom is 0.227 e. The van der Waals surface area contributed by atoms with E-state index < -0.39 is 0 Å². The number of halogens is 1. The molecule has 33 heavy (non-hydrogen) atoms. The largest absolute Gasteiger partial charge is 0.491 e. The van der Waals surface area contributed by atoms with Gasteiger partial charge in [-0.1, -0.05) is 36.4 Å². The predicted molar refractivity (Wildman–Crippen MR) is 127 cm³/mol. The fraction of sp³-hybridized carbons (Fsp3) is 0.259. The van der Waals surface area contributed by atoms with Crippen LogP contribution in [0.1, 0.15) is 29.3 Å². The Labute approximate surface area is 192 Å². The average molecular weight is 444 g/mol. The fourth-order valence-electron chi connectivity index (χ4n) is 4.53. The van der Waals surface area contributed by atoms with Gasteiger partial charge in [0.15, 0.2) is 0 Å². The molecule has 1 atom stereocenters. The van der Waals surface area contributed by atoms with E-state index in [1.54, 1.807) is 18.2 Å². The maximum atomic E-state index is 14.3. The third-order valence-corrected chi connectivity index (χ3v) is 6.23. The molecule has 6 heteroatoms. The first-order chi connectivity index (χ1) is 16.0. The Kier molecular flexibility index (Phi) is 5.58. The molecule has 1 aliphatic heterocycles. The van der Waals surface area contributed by atoms with Gasteiger partial charge in [0.2, 0.25) is 5.91 Å². The molecule has 1 aliphatic rings. The highest BCUT2D eigenvalue weighted by Crippen LogP contribution is 2.34. The molecule has 0 bridgehead atoms. The highest BCUT2D eigenvalue weighted by Gasteiger charge is 2.35. The topological polar surface area (TPSA) is 47.4 Å². The number of para-hydroxylation sites is 3. The Balaban J connectivity index is 1.42. The van der Waals surface area contributed by atoms with E-state index in [0.717, 1.165) is 33.7 Å². The summed E-state index contributed by atoms with van der Waals surface area (Å²) in [5.41, 5.74) is 4.47. The molecular formula is C27H26FN3O2. The van der Waals surface area contributed by atoms with E-state index in [-0.39, 0.29) is 17.6 Å². The number of aryl methyl sites for hydroxylation is 2. The number of hydrogen-bond donors (Lipinski definition) is 0. The highest BCUT2D eigenvalue weighted by molar-refractivity contribution is 5.96. The standard InChI is InChI=1S/C27H26FN3O2/c1-18-11-12-19(2)25(15-18)33-14-13-30-24-10-6-4-8-22(24)29-27(30)20-16-26(32)31(17-20)23-9-5-3-7-21(23)28/h3-12,15,20H,13-14,16-17H2,1-2H3/t20-/m0/s1. The lowest BCUT2D eigenvalue weighted by atomic mass is 10.1. The summed E-state index contributed by atoms with van der Waals surface area (Å²) in [6, 6.07) is 20.6. The van der Waals surface area contributed by atoms with E-state index in [0.29, 0.717) is 31.8 Å². The minimum Gasteiger partial charge on any atom is -0.491 e. The predicted octanol–water partition coefficient (Wildman–Crippen LogP) is 5.39. The number of carbonyl (C=O) groups is 1. The molecule has 1 fully saturated rings. The first kappa shape index (κ1) is 21.2. The number of aromatic nitrogens is 2. The van der Waals surface area contributed by atoms with Crippen LogP contribution < -0.4 is 9.64 Å². The van der Waals surface area contributed by atoms with Crippen molar-refractivity contribution < 1.29 is 13.9 Å². The van der Waals surface area contributed by atoms with Crippen LogP contribution in [0.3, 0.4) is 0 Å². The summed E-state index contributed by atoms with van der Waals surface area (Å²) in [5, 5.41) is 0. The van der Waals surface area contributed by atoms with Crippen molar-refractivity contribution in [2.75, 3.05) is 18.1 Å². The van der Waals surface area contributed by atoms with Crippen molar-refractivity contribution in [1.82, 2.24) is 9.55 Å². The van der Waals surface area contributed by atoms with Crippen LogP contribution in [0.4, 0.5) is 10.1 Å². The van der Waals surface area contributed by atoms with Gasteiger partial charge in [-0.2, -0.15) is 0 Å². The minimum absolute atomic E-state index is 0.0876. The Morgan fingerprint density at radius 2 is 1.85 bits per heavy atom. The molecule has 0 N–H and O–H groups in total. The van der Waals surface area contributed by atoms with Gasteiger partial charge in [-0.05, 0) is 55.3 Å². The highest BCUT2D eigenvalue weighted by atomic mass is 19.1. The van der Waals surface area contributed by atoms with Crippen molar-refractivity contribution in [2.45, 2.75) is 32.7 Å². The van der Waals surface area contributed by atoms with Crippen molar-refractivity contribution in [3.8, 4) is 5.75 Å². The molecule has 0 unspecified atom stereocenters. The summed E-state index contributed by atoms with van der Waals surface area (Å²) >= 11 is 0. The van der Waals surface area contributed by atoms with Gasteiger partial charge in [0.1, 0.15) is 24.0 Å². The van der Waals surface area contributed by atoms with Crippen molar-refractivity contribution in [2.24, 2.45) is 0 Å².